The molecule has 0 saturated carbocycles. The van der Waals surface area contributed by atoms with Crippen molar-refractivity contribution in [1.29, 1.82) is 0 Å². The van der Waals surface area contributed by atoms with Crippen molar-refractivity contribution >= 4 is 11.6 Å². The van der Waals surface area contributed by atoms with Crippen molar-refractivity contribution in [3.8, 4) is 0 Å². The minimum absolute atomic E-state index is 0.229. The second kappa shape index (κ2) is 13.1. The number of carbonyl (C=O) groups is 1. The van der Waals surface area contributed by atoms with Gasteiger partial charge in [0, 0.05) is 82.9 Å². The molecule has 4 heterocycles. The van der Waals surface area contributed by atoms with E-state index in [1.807, 2.05) is 23.2 Å². The molecule has 2 saturated heterocycles. The maximum absolute atomic E-state index is 13.4. The molecule has 0 aliphatic carbocycles. The van der Waals surface area contributed by atoms with E-state index in [4.69, 9.17) is 0 Å². The summed E-state index contributed by atoms with van der Waals surface area (Å²) in [6, 6.07) is 18.5. The summed E-state index contributed by atoms with van der Waals surface area (Å²) >= 11 is 0. The molecular weight excluding hydrogens is 551 g/mol. The molecule has 1 amide bonds. The van der Waals surface area contributed by atoms with Gasteiger partial charge in [0.05, 0.1) is 5.56 Å². The van der Waals surface area contributed by atoms with Gasteiger partial charge in [0.25, 0.3) is 0 Å². The second-order valence-electron chi connectivity index (χ2n) is 12.2. The number of amides is 1. The van der Waals surface area contributed by atoms with Crippen LogP contribution in [0.5, 0.6) is 0 Å². The van der Waals surface area contributed by atoms with E-state index in [9.17, 15) is 18.0 Å². The Bertz CT molecular complexity index is 1380. The fourth-order valence-corrected chi connectivity index (χ4v) is 7.12. The average molecular weight is 592 g/mol. The number of hydrogen-bond donors (Lipinski definition) is 0. The van der Waals surface area contributed by atoms with Crippen LogP contribution >= 0.6 is 0 Å². The number of piperidine rings is 1. The number of halogens is 3. The van der Waals surface area contributed by atoms with Crippen LogP contribution in [0.4, 0.5) is 18.9 Å². The zero-order valence-corrected chi connectivity index (χ0v) is 24.6. The highest BCUT2D eigenvalue weighted by Crippen LogP contribution is 2.33. The molecule has 0 unspecified atom stereocenters. The quantitative estimate of drug-likeness (QED) is 0.364. The molecule has 0 radical (unpaired) electrons. The lowest BCUT2D eigenvalue weighted by atomic mass is 9.86. The Morgan fingerprint density at radius 2 is 1.72 bits per heavy atom. The molecule has 2 fully saturated rings. The number of pyridine rings is 1. The Kier molecular flexibility index (Phi) is 9.00. The van der Waals surface area contributed by atoms with E-state index >= 15 is 0 Å². The summed E-state index contributed by atoms with van der Waals surface area (Å²) in [6.07, 6.45) is 2.66. The first-order valence-corrected chi connectivity index (χ1v) is 15.5. The van der Waals surface area contributed by atoms with Crippen LogP contribution in [0, 0.1) is 5.92 Å². The summed E-state index contributed by atoms with van der Waals surface area (Å²) in [5.41, 5.74) is 3.81. The van der Waals surface area contributed by atoms with E-state index in [0.717, 1.165) is 64.6 Å². The van der Waals surface area contributed by atoms with Crippen LogP contribution in [0.25, 0.3) is 0 Å². The van der Waals surface area contributed by atoms with Gasteiger partial charge in [0.1, 0.15) is 0 Å². The van der Waals surface area contributed by atoms with Gasteiger partial charge in [0.15, 0.2) is 0 Å². The van der Waals surface area contributed by atoms with Crippen molar-refractivity contribution in [2.45, 2.75) is 51.0 Å². The van der Waals surface area contributed by atoms with Gasteiger partial charge in [-0.15, -0.1) is 0 Å². The predicted octanol–water partition coefficient (Wildman–Crippen LogP) is 5.48. The zero-order valence-electron chi connectivity index (χ0n) is 24.6. The number of alkyl halides is 3. The lowest BCUT2D eigenvalue weighted by molar-refractivity contribution is -0.137. The molecule has 3 aromatic rings. The molecule has 0 N–H and O–H groups in total. The van der Waals surface area contributed by atoms with Crippen molar-refractivity contribution < 1.29 is 18.0 Å². The fraction of sp³-hybridized carbons (Fsp3) is 0.471. The van der Waals surface area contributed by atoms with Gasteiger partial charge in [-0.3, -0.25) is 19.6 Å². The maximum atomic E-state index is 13.4. The van der Waals surface area contributed by atoms with Gasteiger partial charge < -0.3 is 9.80 Å². The van der Waals surface area contributed by atoms with Crippen LogP contribution < -0.4 is 4.90 Å². The number of piperazine rings is 1. The number of aromatic nitrogens is 1. The third-order valence-corrected chi connectivity index (χ3v) is 9.44. The second-order valence-corrected chi connectivity index (χ2v) is 12.2. The number of likely N-dealkylation sites (tertiary alicyclic amines) is 1. The van der Waals surface area contributed by atoms with Gasteiger partial charge in [0.2, 0.25) is 5.91 Å². The Balaban J connectivity index is 1.10. The fourth-order valence-electron chi connectivity index (χ4n) is 7.12. The van der Waals surface area contributed by atoms with Crippen LogP contribution in [0.2, 0.25) is 0 Å². The van der Waals surface area contributed by atoms with E-state index in [-0.39, 0.29) is 5.91 Å². The van der Waals surface area contributed by atoms with Crippen LogP contribution in [0.3, 0.4) is 0 Å². The maximum Gasteiger partial charge on any atom is 0.416 e. The third kappa shape index (κ3) is 7.21. The number of nitrogens with zero attached hydrogens (tertiary/aromatic N) is 5. The molecule has 1 aromatic heterocycles. The monoisotopic (exact) mass is 591 g/mol. The number of benzene rings is 2. The molecule has 6 nitrogen and oxygen atoms in total. The molecule has 0 bridgehead atoms. The van der Waals surface area contributed by atoms with Gasteiger partial charge >= 0.3 is 6.18 Å². The first-order chi connectivity index (χ1) is 20.8. The molecule has 43 heavy (non-hydrogen) atoms. The van der Waals surface area contributed by atoms with E-state index in [0.29, 0.717) is 43.7 Å². The van der Waals surface area contributed by atoms with E-state index in [1.165, 1.54) is 28.8 Å². The van der Waals surface area contributed by atoms with Crippen LogP contribution in [0.15, 0.2) is 73.1 Å². The highest BCUT2D eigenvalue weighted by atomic mass is 19.4. The molecule has 2 atom stereocenters. The van der Waals surface area contributed by atoms with Crippen LogP contribution in [-0.4, -0.2) is 77.4 Å². The summed E-state index contributed by atoms with van der Waals surface area (Å²) < 4.78 is 39.9. The van der Waals surface area contributed by atoms with E-state index < -0.39 is 11.7 Å². The molecule has 3 aliphatic heterocycles. The Morgan fingerprint density at radius 1 is 0.907 bits per heavy atom. The standard InChI is InChI=1S/C34H40F3N5O/c35-34(36,37)30-8-3-9-31(21-30)40-17-19-41(20-18-40)32-13-15-39(23-26-5-4-14-38-22-26)24-29(32)10-11-33(43)42-16-12-27-6-1-2-7-28(27)25-42/h1-9,14,21-22,29,32H,10-13,15-20,23-25H2/t29-,32+/m1/s1. The first-order valence-electron chi connectivity index (χ1n) is 15.5. The Labute approximate surface area is 252 Å². The predicted molar refractivity (Wildman–Crippen MR) is 161 cm³/mol. The van der Waals surface area contributed by atoms with Crippen molar-refractivity contribution in [2.75, 3.05) is 50.7 Å². The van der Waals surface area contributed by atoms with Crippen LogP contribution in [-0.2, 0) is 30.5 Å². The smallest absolute Gasteiger partial charge is 0.369 e. The van der Waals surface area contributed by atoms with Gasteiger partial charge in [-0.1, -0.05) is 36.4 Å². The molecule has 228 valence electrons. The number of rotatable bonds is 7. The lowest BCUT2D eigenvalue weighted by Crippen LogP contribution is -2.56. The molecule has 9 heteroatoms. The minimum Gasteiger partial charge on any atom is -0.369 e. The van der Waals surface area contributed by atoms with E-state index in [1.54, 1.807) is 12.3 Å². The molecule has 0 spiro atoms. The summed E-state index contributed by atoms with van der Waals surface area (Å²) in [5, 5.41) is 0. The highest BCUT2D eigenvalue weighted by molar-refractivity contribution is 5.76. The van der Waals surface area contributed by atoms with Crippen molar-refractivity contribution in [1.82, 2.24) is 19.7 Å². The third-order valence-electron chi connectivity index (χ3n) is 9.44. The highest BCUT2D eigenvalue weighted by Gasteiger charge is 2.36. The largest absolute Gasteiger partial charge is 0.416 e. The summed E-state index contributed by atoms with van der Waals surface area (Å²) in [7, 11) is 0. The number of hydrogen-bond acceptors (Lipinski definition) is 5. The van der Waals surface area contributed by atoms with E-state index in [2.05, 4.69) is 43.9 Å². The normalized spacial score (nSPS) is 21.9. The summed E-state index contributed by atoms with van der Waals surface area (Å²) in [5.74, 6) is 0.568. The number of fused-ring (bicyclic) bond motifs is 1. The summed E-state index contributed by atoms with van der Waals surface area (Å²) in [4.78, 5) is 26.8. The zero-order chi connectivity index (χ0) is 29.8. The Morgan fingerprint density at radius 3 is 2.49 bits per heavy atom. The van der Waals surface area contributed by atoms with Crippen molar-refractivity contribution in [3.05, 3.63) is 95.3 Å². The topological polar surface area (TPSA) is 42.9 Å². The SMILES string of the molecule is O=C(CC[C@@H]1CN(Cc2cccnc2)CC[C@@H]1N1CCN(c2cccc(C(F)(F)F)c2)CC1)N1CCc2ccccc2C1. The minimum atomic E-state index is -4.34. The van der Waals surface area contributed by atoms with Crippen LogP contribution in [0.1, 0.15) is 41.5 Å². The first kappa shape index (κ1) is 29.6. The van der Waals surface area contributed by atoms with Gasteiger partial charge in [-0.2, -0.15) is 13.2 Å². The number of carbonyl (C=O) groups excluding carboxylic acids is 1. The number of anilines is 1. The van der Waals surface area contributed by atoms with Gasteiger partial charge in [-0.05, 0) is 72.7 Å². The Hall–Kier alpha value is -3.43. The molecular formula is C34H40F3N5O. The lowest BCUT2D eigenvalue weighted by Gasteiger charge is -2.47. The molecule has 3 aliphatic rings. The van der Waals surface area contributed by atoms with Crippen molar-refractivity contribution in [2.24, 2.45) is 5.92 Å². The molecule has 2 aromatic carbocycles. The average Bonchev–Trinajstić information content (AvgIpc) is 3.04. The van der Waals surface area contributed by atoms with Gasteiger partial charge in [-0.25, -0.2) is 0 Å². The summed E-state index contributed by atoms with van der Waals surface area (Å²) in [6.45, 7) is 7.18. The van der Waals surface area contributed by atoms with Crippen molar-refractivity contribution in [3.63, 3.8) is 0 Å². The molecule has 6 rings (SSSR count).